The van der Waals surface area contributed by atoms with Crippen molar-refractivity contribution in [3.63, 3.8) is 0 Å². The number of rotatable bonds is 9. The van der Waals surface area contributed by atoms with Crippen LogP contribution in [0.3, 0.4) is 0 Å². The third-order valence-electron chi connectivity index (χ3n) is 3.91. The number of aryl methyl sites for hydroxylation is 1. The highest BCUT2D eigenvalue weighted by Gasteiger charge is 2.12. The van der Waals surface area contributed by atoms with Crippen molar-refractivity contribution in [3.8, 4) is 11.5 Å². The number of nitrogens with one attached hydrogen (secondary N) is 1. The Hall–Kier alpha value is -3.10. The lowest BCUT2D eigenvalue weighted by Crippen LogP contribution is -2.26. The van der Waals surface area contributed by atoms with Crippen molar-refractivity contribution in [1.29, 1.82) is 0 Å². The van der Waals surface area contributed by atoms with Crippen LogP contribution in [-0.2, 0) is 17.6 Å². The van der Waals surface area contributed by atoms with Gasteiger partial charge in [-0.25, -0.2) is 4.98 Å². The van der Waals surface area contributed by atoms with Crippen molar-refractivity contribution < 1.29 is 18.0 Å². The van der Waals surface area contributed by atoms with Crippen molar-refractivity contribution in [2.75, 3.05) is 6.54 Å². The van der Waals surface area contributed by atoms with Crippen molar-refractivity contribution in [1.82, 2.24) is 25.1 Å². The lowest BCUT2D eigenvalue weighted by Gasteiger charge is -2.07. The first kappa shape index (κ1) is 18.7. The smallest absolute Gasteiger partial charge is 0.319 e. The average Bonchev–Trinajstić information content (AvgIpc) is 3.32. The van der Waals surface area contributed by atoms with E-state index in [0.29, 0.717) is 24.6 Å². The Morgan fingerprint density at radius 3 is 2.78 bits per heavy atom. The molecular formula is C18H19F2N5O2. The zero-order chi connectivity index (χ0) is 19.1. The predicted molar refractivity (Wildman–Crippen MR) is 92.9 cm³/mol. The first-order valence-electron chi connectivity index (χ1n) is 8.58. The summed E-state index contributed by atoms with van der Waals surface area (Å²) in [6, 6.07) is 9.43. The molecular weight excluding hydrogens is 356 g/mol. The molecule has 0 spiro atoms. The molecule has 0 unspecified atom stereocenters. The van der Waals surface area contributed by atoms with Gasteiger partial charge in [-0.2, -0.15) is 8.78 Å². The fourth-order valence-corrected chi connectivity index (χ4v) is 2.57. The number of hydrogen-bond donors (Lipinski definition) is 1. The van der Waals surface area contributed by atoms with Gasteiger partial charge in [0.1, 0.15) is 5.82 Å². The Bertz CT molecular complexity index is 864. The van der Waals surface area contributed by atoms with E-state index in [1.807, 2.05) is 30.3 Å². The van der Waals surface area contributed by atoms with Crippen LogP contribution in [0.1, 0.15) is 31.1 Å². The first-order chi connectivity index (χ1) is 13.1. The molecule has 0 bridgehead atoms. The van der Waals surface area contributed by atoms with Gasteiger partial charge in [0.05, 0.1) is 0 Å². The normalized spacial score (nSPS) is 11.1. The summed E-state index contributed by atoms with van der Waals surface area (Å²) >= 11 is 0. The predicted octanol–water partition coefficient (Wildman–Crippen LogP) is 3.01. The highest BCUT2D eigenvalue weighted by Crippen LogP contribution is 2.17. The third-order valence-corrected chi connectivity index (χ3v) is 3.91. The molecule has 0 atom stereocenters. The molecule has 0 fully saturated rings. The minimum absolute atomic E-state index is 0.159. The van der Waals surface area contributed by atoms with Crippen molar-refractivity contribution in [2.45, 2.75) is 32.2 Å². The molecule has 1 aromatic carbocycles. The monoisotopic (exact) mass is 375 g/mol. The van der Waals surface area contributed by atoms with Crippen LogP contribution in [0.2, 0.25) is 0 Å². The van der Waals surface area contributed by atoms with Gasteiger partial charge in [0.25, 0.3) is 0 Å². The molecule has 1 N–H and O–H groups in total. The molecule has 3 rings (SSSR count). The fraction of sp³-hybridized carbons (Fsp3) is 0.333. The molecule has 2 heterocycles. The van der Waals surface area contributed by atoms with Crippen molar-refractivity contribution in [2.24, 2.45) is 0 Å². The summed E-state index contributed by atoms with van der Waals surface area (Å²) in [4.78, 5) is 15.7. The molecule has 0 saturated heterocycles. The van der Waals surface area contributed by atoms with E-state index in [1.54, 1.807) is 0 Å². The molecule has 7 nitrogen and oxygen atoms in total. The Labute approximate surface area is 154 Å². The quantitative estimate of drug-likeness (QED) is 0.621. The van der Waals surface area contributed by atoms with Crippen LogP contribution < -0.4 is 5.32 Å². The van der Waals surface area contributed by atoms with Gasteiger partial charge in [0.15, 0.2) is 0 Å². The van der Waals surface area contributed by atoms with E-state index in [0.717, 1.165) is 10.1 Å². The molecule has 9 heteroatoms. The van der Waals surface area contributed by atoms with Gasteiger partial charge in [-0.1, -0.05) is 18.2 Å². The fourth-order valence-electron chi connectivity index (χ4n) is 2.57. The number of amides is 1. The van der Waals surface area contributed by atoms with E-state index in [4.69, 9.17) is 4.42 Å². The van der Waals surface area contributed by atoms with E-state index in [-0.39, 0.29) is 31.1 Å². The number of nitrogens with zero attached hydrogens (tertiary/aromatic N) is 4. The lowest BCUT2D eigenvalue weighted by atomic mass is 10.2. The number of benzene rings is 1. The first-order valence-corrected chi connectivity index (χ1v) is 8.58. The van der Waals surface area contributed by atoms with Gasteiger partial charge >= 0.3 is 6.55 Å². The number of hydrogen-bond acceptors (Lipinski definition) is 5. The number of halogens is 2. The average molecular weight is 375 g/mol. The summed E-state index contributed by atoms with van der Waals surface area (Å²) in [5.41, 5.74) is 0.844. The SMILES string of the molecule is O=C(CCCc1nnc(-c2ccccc2)o1)NCCc1nccn1C(F)F. The minimum atomic E-state index is -2.63. The Morgan fingerprint density at radius 2 is 2.00 bits per heavy atom. The van der Waals surface area contributed by atoms with Crippen LogP contribution in [0.5, 0.6) is 0 Å². The zero-order valence-corrected chi connectivity index (χ0v) is 14.5. The summed E-state index contributed by atoms with van der Waals surface area (Å²) in [7, 11) is 0. The highest BCUT2D eigenvalue weighted by atomic mass is 19.3. The Balaban J connectivity index is 1.37. The van der Waals surface area contributed by atoms with Crippen LogP contribution in [0, 0.1) is 0 Å². The molecule has 3 aromatic rings. The van der Waals surface area contributed by atoms with Gasteiger partial charge in [-0.15, -0.1) is 10.2 Å². The second-order valence-electron chi connectivity index (χ2n) is 5.85. The van der Waals surface area contributed by atoms with Crippen LogP contribution in [0.4, 0.5) is 8.78 Å². The maximum absolute atomic E-state index is 12.7. The number of aromatic nitrogens is 4. The van der Waals surface area contributed by atoms with Gasteiger partial charge in [-0.3, -0.25) is 9.36 Å². The van der Waals surface area contributed by atoms with Crippen molar-refractivity contribution in [3.05, 3.63) is 54.4 Å². The zero-order valence-electron chi connectivity index (χ0n) is 14.5. The van der Waals surface area contributed by atoms with Crippen molar-refractivity contribution >= 4 is 5.91 Å². The van der Waals surface area contributed by atoms with Crippen LogP contribution in [0.15, 0.2) is 47.1 Å². The summed E-state index contributed by atoms with van der Waals surface area (Å²) < 4.78 is 31.8. The van der Waals surface area contributed by atoms with E-state index < -0.39 is 6.55 Å². The Kier molecular flexibility index (Phi) is 6.24. The standard InChI is InChI=1S/C18H19F2N5O2/c19-18(20)25-12-11-21-14(25)9-10-22-15(26)7-4-8-16-23-24-17(27-16)13-5-2-1-3-6-13/h1-3,5-6,11-12,18H,4,7-10H2,(H,22,26). The maximum atomic E-state index is 12.7. The second-order valence-corrected chi connectivity index (χ2v) is 5.85. The van der Waals surface area contributed by atoms with Gasteiger partial charge in [0, 0.05) is 43.8 Å². The summed E-state index contributed by atoms with van der Waals surface area (Å²) in [6.07, 6.45) is 4.10. The molecule has 2 aromatic heterocycles. The minimum Gasteiger partial charge on any atom is -0.421 e. The summed E-state index contributed by atoms with van der Waals surface area (Å²) in [5, 5.41) is 10.7. The molecule has 1 amide bonds. The molecule has 0 saturated carbocycles. The topological polar surface area (TPSA) is 85.8 Å². The molecule has 27 heavy (non-hydrogen) atoms. The Morgan fingerprint density at radius 1 is 1.19 bits per heavy atom. The van der Waals surface area contributed by atoms with E-state index in [1.165, 1.54) is 12.4 Å². The highest BCUT2D eigenvalue weighted by molar-refractivity contribution is 5.75. The number of alkyl halides is 2. The van der Waals surface area contributed by atoms with Crippen LogP contribution >= 0.6 is 0 Å². The molecule has 0 aliphatic carbocycles. The number of imidazole rings is 1. The van der Waals surface area contributed by atoms with Gasteiger partial charge in [-0.05, 0) is 18.6 Å². The van der Waals surface area contributed by atoms with E-state index in [2.05, 4.69) is 20.5 Å². The summed E-state index contributed by atoms with van der Waals surface area (Å²) in [6.45, 7) is -2.38. The number of carbonyl (C=O) groups is 1. The third kappa shape index (κ3) is 5.19. The number of carbonyl (C=O) groups excluding carboxylic acids is 1. The lowest BCUT2D eigenvalue weighted by molar-refractivity contribution is -0.121. The summed E-state index contributed by atoms with van der Waals surface area (Å²) in [5.74, 6) is 1.00. The van der Waals surface area contributed by atoms with E-state index >= 15 is 0 Å². The van der Waals surface area contributed by atoms with Crippen LogP contribution in [-0.4, -0.2) is 32.2 Å². The second kappa shape index (κ2) is 9.02. The largest absolute Gasteiger partial charge is 0.421 e. The molecule has 0 aliphatic rings. The molecule has 0 aliphatic heterocycles. The van der Waals surface area contributed by atoms with Gasteiger partial charge in [0.2, 0.25) is 17.7 Å². The van der Waals surface area contributed by atoms with Gasteiger partial charge < -0.3 is 9.73 Å². The van der Waals surface area contributed by atoms with E-state index in [9.17, 15) is 13.6 Å². The maximum Gasteiger partial charge on any atom is 0.319 e. The molecule has 142 valence electrons. The van der Waals surface area contributed by atoms with Crippen LogP contribution in [0.25, 0.3) is 11.5 Å². The molecule has 0 radical (unpaired) electrons.